The molecular weight excluding hydrogens is 412 g/mol. The minimum Gasteiger partial charge on any atom is -0.374 e. The molecule has 0 radical (unpaired) electrons. The SMILES string of the molecule is C=CC[C@@H]1O[C@H](COCc2ccccc2)[C@@H](OCc2ccccc2)[C@H]1OCc1ccccc1. The lowest BCUT2D eigenvalue weighted by Gasteiger charge is -2.25. The number of benzene rings is 3. The first-order valence-electron chi connectivity index (χ1n) is 11.5. The van der Waals surface area contributed by atoms with Crippen molar-refractivity contribution in [3.8, 4) is 0 Å². The van der Waals surface area contributed by atoms with Crippen molar-refractivity contribution in [1.82, 2.24) is 0 Å². The molecule has 1 fully saturated rings. The summed E-state index contributed by atoms with van der Waals surface area (Å²) in [5, 5.41) is 0. The van der Waals surface area contributed by atoms with Gasteiger partial charge in [-0.05, 0) is 23.1 Å². The van der Waals surface area contributed by atoms with Crippen LogP contribution in [0.25, 0.3) is 0 Å². The second-order valence-corrected chi connectivity index (χ2v) is 8.26. The minimum absolute atomic E-state index is 0.127. The normalized spacial score (nSPS) is 22.3. The third-order valence-electron chi connectivity index (χ3n) is 5.77. The summed E-state index contributed by atoms with van der Waals surface area (Å²) in [4.78, 5) is 0. The lowest BCUT2D eigenvalue weighted by Crippen LogP contribution is -2.39. The van der Waals surface area contributed by atoms with E-state index in [1.54, 1.807) is 0 Å². The highest BCUT2D eigenvalue weighted by Gasteiger charge is 2.45. The van der Waals surface area contributed by atoms with Crippen LogP contribution in [-0.4, -0.2) is 31.0 Å². The first-order chi connectivity index (χ1) is 16.3. The fourth-order valence-electron chi connectivity index (χ4n) is 4.10. The third kappa shape index (κ3) is 6.86. The van der Waals surface area contributed by atoms with E-state index < -0.39 is 0 Å². The highest BCUT2D eigenvalue weighted by Crippen LogP contribution is 2.31. The Morgan fingerprint density at radius 2 is 1.09 bits per heavy atom. The molecule has 172 valence electrons. The molecule has 0 aromatic heterocycles. The highest BCUT2D eigenvalue weighted by molar-refractivity contribution is 5.15. The summed E-state index contributed by atoms with van der Waals surface area (Å²) in [5.41, 5.74) is 3.38. The van der Waals surface area contributed by atoms with Crippen molar-refractivity contribution < 1.29 is 18.9 Å². The Kier molecular flexibility index (Phi) is 8.84. The molecule has 1 saturated heterocycles. The van der Waals surface area contributed by atoms with Crippen LogP contribution in [0.2, 0.25) is 0 Å². The van der Waals surface area contributed by atoms with Crippen LogP contribution in [0.5, 0.6) is 0 Å². The van der Waals surface area contributed by atoms with Crippen LogP contribution >= 0.6 is 0 Å². The summed E-state index contributed by atoms with van der Waals surface area (Å²) < 4.78 is 25.2. The second-order valence-electron chi connectivity index (χ2n) is 8.26. The molecule has 33 heavy (non-hydrogen) atoms. The summed E-state index contributed by atoms with van der Waals surface area (Å²) in [7, 11) is 0. The standard InChI is InChI=1S/C29H32O4/c1-2-12-26-28(31-20-24-15-8-4-9-16-24)29(32-21-25-17-10-5-11-18-25)27(33-26)22-30-19-23-13-6-3-7-14-23/h2-11,13-18,26-29H,1,12,19-22H2/t26-,27+,28-,29+/m0/s1. The van der Waals surface area contributed by atoms with Gasteiger partial charge in [0.05, 0.1) is 32.5 Å². The lowest BCUT2D eigenvalue weighted by molar-refractivity contribution is -0.0898. The number of hydrogen-bond acceptors (Lipinski definition) is 4. The van der Waals surface area contributed by atoms with Gasteiger partial charge in [0.1, 0.15) is 18.3 Å². The molecule has 1 heterocycles. The zero-order valence-corrected chi connectivity index (χ0v) is 18.9. The van der Waals surface area contributed by atoms with Gasteiger partial charge in [0.25, 0.3) is 0 Å². The Hall–Kier alpha value is -2.76. The van der Waals surface area contributed by atoms with Gasteiger partial charge in [-0.15, -0.1) is 6.58 Å². The Balaban J connectivity index is 1.45. The third-order valence-corrected chi connectivity index (χ3v) is 5.77. The number of ether oxygens (including phenoxy) is 4. The molecule has 0 saturated carbocycles. The van der Waals surface area contributed by atoms with E-state index >= 15 is 0 Å². The van der Waals surface area contributed by atoms with Crippen molar-refractivity contribution in [3.63, 3.8) is 0 Å². The van der Waals surface area contributed by atoms with E-state index in [2.05, 4.69) is 43.0 Å². The lowest BCUT2D eigenvalue weighted by atomic mass is 10.0. The van der Waals surface area contributed by atoms with Gasteiger partial charge < -0.3 is 18.9 Å². The predicted octanol–water partition coefficient (Wildman–Crippen LogP) is 5.72. The van der Waals surface area contributed by atoms with Gasteiger partial charge >= 0.3 is 0 Å². The van der Waals surface area contributed by atoms with Crippen molar-refractivity contribution in [2.45, 2.75) is 50.7 Å². The quantitative estimate of drug-likeness (QED) is 0.335. The van der Waals surface area contributed by atoms with E-state index in [9.17, 15) is 0 Å². The molecule has 0 bridgehead atoms. The number of rotatable bonds is 12. The van der Waals surface area contributed by atoms with E-state index in [1.165, 1.54) is 0 Å². The monoisotopic (exact) mass is 444 g/mol. The first kappa shape index (κ1) is 23.4. The van der Waals surface area contributed by atoms with Crippen molar-refractivity contribution in [1.29, 1.82) is 0 Å². The summed E-state index contributed by atoms with van der Waals surface area (Å²) in [6, 6.07) is 30.5. The van der Waals surface area contributed by atoms with Gasteiger partial charge in [0.2, 0.25) is 0 Å². The van der Waals surface area contributed by atoms with E-state index in [0.717, 1.165) is 16.7 Å². The predicted molar refractivity (Wildman–Crippen MR) is 130 cm³/mol. The van der Waals surface area contributed by atoms with Gasteiger partial charge in [0.15, 0.2) is 0 Å². The molecule has 0 N–H and O–H groups in total. The zero-order chi connectivity index (χ0) is 22.7. The summed E-state index contributed by atoms with van der Waals surface area (Å²) in [6.45, 7) is 5.89. The summed E-state index contributed by atoms with van der Waals surface area (Å²) >= 11 is 0. The van der Waals surface area contributed by atoms with Crippen molar-refractivity contribution >= 4 is 0 Å². The molecule has 4 atom stereocenters. The average Bonchev–Trinajstić information content (AvgIpc) is 3.19. The largest absolute Gasteiger partial charge is 0.374 e. The maximum atomic E-state index is 6.42. The molecule has 4 nitrogen and oxygen atoms in total. The molecule has 0 aliphatic carbocycles. The summed E-state index contributed by atoms with van der Waals surface area (Å²) in [6.07, 6.45) is 1.78. The van der Waals surface area contributed by atoms with Crippen LogP contribution in [0, 0.1) is 0 Å². The molecule has 0 unspecified atom stereocenters. The molecule has 0 amide bonds. The molecule has 3 aromatic carbocycles. The molecule has 4 rings (SSSR count). The zero-order valence-electron chi connectivity index (χ0n) is 18.9. The highest BCUT2D eigenvalue weighted by atomic mass is 16.6. The van der Waals surface area contributed by atoms with Gasteiger partial charge in [-0.25, -0.2) is 0 Å². The van der Waals surface area contributed by atoms with Crippen molar-refractivity contribution in [2.75, 3.05) is 6.61 Å². The van der Waals surface area contributed by atoms with Crippen LogP contribution < -0.4 is 0 Å². The van der Waals surface area contributed by atoms with E-state index in [0.29, 0.717) is 32.8 Å². The first-order valence-corrected chi connectivity index (χ1v) is 11.5. The molecule has 1 aliphatic heterocycles. The maximum absolute atomic E-state index is 6.42. The molecule has 0 spiro atoms. The minimum atomic E-state index is -0.241. The molecule has 4 heteroatoms. The van der Waals surface area contributed by atoms with Gasteiger partial charge in [0, 0.05) is 0 Å². The van der Waals surface area contributed by atoms with Gasteiger partial charge in [-0.2, -0.15) is 0 Å². The summed E-state index contributed by atoms with van der Waals surface area (Å²) in [5.74, 6) is 0. The number of hydrogen-bond donors (Lipinski definition) is 0. The van der Waals surface area contributed by atoms with E-state index in [4.69, 9.17) is 18.9 Å². The Morgan fingerprint density at radius 1 is 0.636 bits per heavy atom. The molecular formula is C29H32O4. The second kappa shape index (κ2) is 12.5. The van der Waals surface area contributed by atoms with Crippen molar-refractivity contribution in [3.05, 3.63) is 120 Å². The van der Waals surface area contributed by atoms with Gasteiger partial charge in [-0.1, -0.05) is 97.1 Å². The van der Waals surface area contributed by atoms with Crippen LogP contribution in [0.3, 0.4) is 0 Å². The average molecular weight is 445 g/mol. The maximum Gasteiger partial charge on any atom is 0.115 e. The Labute approximate surface area is 196 Å². The van der Waals surface area contributed by atoms with Crippen LogP contribution in [0.1, 0.15) is 23.1 Å². The fraction of sp³-hybridized carbons (Fsp3) is 0.310. The van der Waals surface area contributed by atoms with E-state index in [1.807, 2.05) is 60.7 Å². The Bertz CT molecular complexity index is 945. The van der Waals surface area contributed by atoms with Crippen LogP contribution in [0.15, 0.2) is 104 Å². The van der Waals surface area contributed by atoms with Crippen LogP contribution in [0.4, 0.5) is 0 Å². The van der Waals surface area contributed by atoms with Gasteiger partial charge in [-0.3, -0.25) is 0 Å². The van der Waals surface area contributed by atoms with Crippen molar-refractivity contribution in [2.24, 2.45) is 0 Å². The molecule has 3 aromatic rings. The topological polar surface area (TPSA) is 36.9 Å². The van der Waals surface area contributed by atoms with Crippen LogP contribution in [-0.2, 0) is 38.8 Å². The van der Waals surface area contributed by atoms with E-state index in [-0.39, 0.29) is 24.4 Å². The Morgan fingerprint density at radius 3 is 1.58 bits per heavy atom. The smallest absolute Gasteiger partial charge is 0.115 e. The fourth-order valence-corrected chi connectivity index (χ4v) is 4.10. The molecule has 1 aliphatic rings.